The molecule has 0 fully saturated rings. The number of rotatable bonds is 4. The molecule has 0 radical (unpaired) electrons. The maximum absolute atomic E-state index is 11.3. The van der Waals surface area contributed by atoms with E-state index in [4.69, 9.17) is 23.2 Å². The Morgan fingerprint density at radius 2 is 1.90 bits per heavy atom. The van der Waals surface area contributed by atoms with Gasteiger partial charge in [0.1, 0.15) is 0 Å². The highest BCUT2D eigenvalue weighted by atomic mass is 35.5. The molecule has 0 heterocycles. The average Bonchev–Trinajstić information content (AvgIpc) is 2.44. The number of halogens is 2. The Bertz CT molecular complexity index is 678. The van der Waals surface area contributed by atoms with Crippen LogP contribution in [0.1, 0.15) is 46.8 Å². The predicted molar refractivity (Wildman–Crippen MR) is 86.8 cm³/mol. The maximum atomic E-state index is 11.3. The highest BCUT2D eigenvalue weighted by Gasteiger charge is 2.16. The Morgan fingerprint density at radius 3 is 2.52 bits per heavy atom. The minimum Gasteiger partial charge on any atom is -0.478 e. The number of benzene rings is 2. The van der Waals surface area contributed by atoms with Crippen LogP contribution in [-0.2, 0) is 6.42 Å². The molecule has 0 aliphatic carbocycles. The molecule has 0 saturated carbocycles. The molecule has 21 heavy (non-hydrogen) atoms. The van der Waals surface area contributed by atoms with E-state index in [0.717, 1.165) is 5.56 Å². The van der Waals surface area contributed by atoms with E-state index in [9.17, 15) is 9.90 Å². The van der Waals surface area contributed by atoms with E-state index in [1.54, 1.807) is 0 Å². The summed E-state index contributed by atoms with van der Waals surface area (Å²) in [4.78, 5) is 11.3. The summed E-state index contributed by atoms with van der Waals surface area (Å²) in [6, 6.07) is 11.1. The first-order chi connectivity index (χ1) is 9.90. The summed E-state index contributed by atoms with van der Waals surface area (Å²) in [7, 11) is 0. The zero-order valence-electron chi connectivity index (χ0n) is 11.9. The van der Waals surface area contributed by atoms with Crippen LogP contribution in [0.3, 0.4) is 0 Å². The van der Waals surface area contributed by atoms with Crippen molar-refractivity contribution in [3.8, 4) is 0 Å². The van der Waals surface area contributed by atoms with Crippen molar-refractivity contribution in [2.75, 3.05) is 0 Å². The van der Waals surface area contributed by atoms with Gasteiger partial charge >= 0.3 is 5.97 Å². The van der Waals surface area contributed by atoms with E-state index in [1.165, 1.54) is 17.7 Å². The van der Waals surface area contributed by atoms with Gasteiger partial charge in [-0.3, -0.25) is 0 Å². The van der Waals surface area contributed by atoms with Gasteiger partial charge in [-0.25, -0.2) is 4.79 Å². The van der Waals surface area contributed by atoms with E-state index in [0.29, 0.717) is 27.9 Å². The van der Waals surface area contributed by atoms with E-state index in [2.05, 4.69) is 26.0 Å². The van der Waals surface area contributed by atoms with Crippen LogP contribution < -0.4 is 0 Å². The summed E-state index contributed by atoms with van der Waals surface area (Å²) in [6.45, 7) is 4.24. The second kappa shape index (κ2) is 6.50. The number of carboxylic acid groups (broad SMARTS) is 1. The Kier molecular flexibility index (Phi) is 4.92. The molecule has 2 rings (SSSR count). The van der Waals surface area contributed by atoms with E-state index in [-0.39, 0.29) is 5.56 Å². The number of carboxylic acids is 1. The van der Waals surface area contributed by atoms with Gasteiger partial charge in [0.15, 0.2) is 0 Å². The van der Waals surface area contributed by atoms with Gasteiger partial charge in [0.05, 0.1) is 15.6 Å². The van der Waals surface area contributed by atoms with Gasteiger partial charge in [-0.1, -0.05) is 61.3 Å². The van der Waals surface area contributed by atoms with Gasteiger partial charge in [-0.15, -0.1) is 0 Å². The molecule has 0 unspecified atom stereocenters. The number of hydrogen-bond donors (Lipinski definition) is 1. The summed E-state index contributed by atoms with van der Waals surface area (Å²) in [5, 5.41) is 9.98. The smallest absolute Gasteiger partial charge is 0.336 e. The molecule has 4 heteroatoms. The van der Waals surface area contributed by atoms with Crippen molar-refractivity contribution in [2.24, 2.45) is 0 Å². The molecule has 0 aliphatic heterocycles. The third-order valence-corrected chi connectivity index (χ3v) is 4.27. The van der Waals surface area contributed by atoms with Gasteiger partial charge in [0, 0.05) is 0 Å². The molecule has 1 N–H and O–H groups in total. The minimum absolute atomic E-state index is 0.194. The molecule has 2 nitrogen and oxygen atoms in total. The fourth-order valence-electron chi connectivity index (χ4n) is 2.23. The number of carbonyl (C=O) groups is 1. The zero-order chi connectivity index (χ0) is 15.6. The fourth-order valence-corrected chi connectivity index (χ4v) is 2.64. The highest BCUT2D eigenvalue weighted by molar-refractivity contribution is 6.42. The topological polar surface area (TPSA) is 37.3 Å². The van der Waals surface area contributed by atoms with Crippen LogP contribution in [0.15, 0.2) is 36.4 Å². The van der Waals surface area contributed by atoms with Crippen LogP contribution in [0, 0.1) is 0 Å². The lowest BCUT2D eigenvalue weighted by molar-refractivity contribution is 0.0696. The Labute approximate surface area is 134 Å². The summed E-state index contributed by atoms with van der Waals surface area (Å²) in [5.41, 5.74) is 2.98. The largest absolute Gasteiger partial charge is 0.478 e. The monoisotopic (exact) mass is 322 g/mol. The summed E-state index contributed by atoms with van der Waals surface area (Å²) >= 11 is 12.2. The van der Waals surface area contributed by atoms with Gasteiger partial charge < -0.3 is 5.11 Å². The SMILES string of the molecule is CC(C)c1cccc(Cc2c(C(=O)O)ccc(Cl)c2Cl)c1. The van der Waals surface area contributed by atoms with Crippen molar-refractivity contribution in [3.05, 3.63) is 68.7 Å². The summed E-state index contributed by atoms with van der Waals surface area (Å²) < 4.78 is 0. The lowest BCUT2D eigenvalue weighted by Gasteiger charge is -2.12. The average molecular weight is 323 g/mol. The molecule has 110 valence electrons. The molecule has 2 aromatic rings. The zero-order valence-corrected chi connectivity index (χ0v) is 13.4. The molecule has 0 spiro atoms. The van der Waals surface area contributed by atoms with Crippen molar-refractivity contribution in [1.82, 2.24) is 0 Å². The van der Waals surface area contributed by atoms with Crippen LogP contribution in [0.25, 0.3) is 0 Å². The van der Waals surface area contributed by atoms with Crippen LogP contribution in [0.5, 0.6) is 0 Å². The number of hydrogen-bond acceptors (Lipinski definition) is 1. The van der Waals surface area contributed by atoms with E-state index < -0.39 is 5.97 Å². The van der Waals surface area contributed by atoms with Crippen molar-refractivity contribution in [3.63, 3.8) is 0 Å². The summed E-state index contributed by atoms with van der Waals surface area (Å²) in [5.74, 6) is -0.581. The molecule has 0 saturated heterocycles. The first-order valence-corrected chi connectivity index (χ1v) is 7.44. The molecule has 0 aliphatic rings. The van der Waals surface area contributed by atoms with Gasteiger partial charge in [-0.2, -0.15) is 0 Å². The molecule has 2 aromatic carbocycles. The second-order valence-corrected chi connectivity index (χ2v) is 6.05. The minimum atomic E-state index is -0.997. The molecule has 0 atom stereocenters. The molecule has 0 bridgehead atoms. The van der Waals surface area contributed by atoms with Gasteiger partial charge in [0.2, 0.25) is 0 Å². The third-order valence-electron chi connectivity index (χ3n) is 3.43. The Hall–Kier alpha value is -1.51. The number of aromatic carboxylic acids is 1. The summed E-state index contributed by atoms with van der Waals surface area (Å²) in [6.07, 6.45) is 0.446. The molecular formula is C17H16Cl2O2. The lowest BCUT2D eigenvalue weighted by atomic mass is 9.95. The fraction of sp³-hybridized carbons (Fsp3) is 0.235. The van der Waals surface area contributed by atoms with Crippen molar-refractivity contribution < 1.29 is 9.90 Å². The Balaban J connectivity index is 2.46. The molecule has 0 aromatic heterocycles. The van der Waals surface area contributed by atoms with Crippen LogP contribution >= 0.6 is 23.2 Å². The molecule has 0 amide bonds. The van der Waals surface area contributed by atoms with Crippen LogP contribution in [0.2, 0.25) is 10.0 Å². The highest BCUT2D eigenvalue weighted by Crippen LogP contribution is 2.31. The molecular weight excluding hydrogens is 307 g/mol. The lowest BCUT2D eigenvalue weighted by Crippen LogP contribution is -2.04. The first kappa shape index (κ1) is 15.9. The quantitative estimate of drug-likeness (QED) is 0.817. The van der Waals surface area contributed by atoms with Crippen LogP contribution in [0.4, 0.5) is 0 Å². The van der Waals surface area contributed by atoms with Crippen molar-refractivity contribution in [2.45, 2.75) is 26.2 Å². The second-order valence-electron chi connectivity index (χ2n) is 5.27. The standard InChI is InChI=1S/C17H16Cl2O2/c1-10(2)12-5-3-4-11(8-12)9-14-13(17(20)21)6-7-15(18)16(14)19/h3-8,10H,9H2,1-2H3,(H,20,21). The van der Waals surface area contributed by atoms with E-state index >= 15 is 0 Å². The van der Waals surface area contributed by atoms with Gasteiger partial charge in [0.25, 0.3) is 0 Å². The predicted octanol–water partition coefficient (Wildman–Crippen LogP) is 5.41. The maximum Gasteiger partial charge on any atom is 0.336 e. The normalized spacial score (nSPS) is 10.9. The third kappa shape index (κ3) is 3.58. The first-order valence-electron chi connectivity index (χ1n) is 6.69. The van der Waals surface area contributed by atoms with Gasteiger partial charge in [-0.05, 0) is 41.2 Å². The van der Waals surface area contributed by atoms with E-state index in [1.807, 2.05) is 12.1 Å². The van der Waals surface area contributed by atoms with Crippen LogP contribution in [-0.4, -0.2) is 11.1 Å². The van der Waals surface area contributed by atoms with Crippen molar-refractivity contribution in [1.29, 1.82) is 0 Å². The van der Waals surface area contributed by atoms with Crippen molar-refractivity contribution >= 4 is 29.2 Å². The Morgan fingerprint density at radius 1 is 1.19 bits per heavy atom.